The minimum atomic E-state index is -0.348. The van der Waals surface area contributed by atoms with Crippen LogP contribution in [0.1, 0.15) is 44.9 Å². The van der Waals surface area contributed by atoms with E-state index in [9.17, 15) is 4.79 Å². The summed E-state index contributed by atoms with van der Waals surface area (Å²) < 4.78 is 11.3. The maximum atomic E-state index is 12.6. The molecule has 0 N–H and O–H groups in total. The predicted octanol–water partition coefficient (Wildman–Crippen LogP) is 2.95. The monoisotopic (exact) mass is 289 g/mol. The molecule has 2 heterocycles. The summed E-state index contributed by atoms with van der Waals surface area (Å²) in [6, 6.07) is 4.21. The van der Waals surface area contributed by atoms with E-state index < -0.39 is 0 Å². The third-order valence-electron chi connectivity index (χ3n) is 4.25. The van der Waals surface area contributed by atoms with E-state index in [0.29, 0.717) is 13.2 Å². The molecule has 21 heavy (non-hydrogen) atoms. The molecule has 0 spiro atoms. The molecule has 4 nitrogen and oxygen atoms in total. The molecule has 1 atom stereocenters. The number of ether oxygens (including phenoxy) is 2. The van der Waals surface area contributed by atoms with E-state index in [-0.39, 0.29) is 17.4 Å². The zero-order valence-electron chi connectivity index (χ0n) is 13.2. The Morgan fingerprint density at radius 3 is 2.43 bits per heavy atom. The van der Waals surface area contributed by atoms with Crippen LogP contribution in [0.5, 0.6) is 11.5 Å². The topological polar surface area (TPSA) is 38.8 Å². The van der Waals surface area contributed by atoms with E-state index in [4.69, 9.17) is 9.47 Å². The minimum Gasteiger partial charge on any atom is -0.486 e. The van der Waals surface area contributed by atoms with Gasteiger partial charge in [-0.1, -0.05) is 20.8 Å². The van der Waals surface area contributed by atoms with Crippen LogP contribution in [0.3, 0.4) is 0 Å². The number of rotatable bonds is 0. The average Bonchev–Trinajstić information content (AvgIpc) is 2.44. The third-order valence-corrected chi connectivity index (χ3v) is 4.25. The molecule has 2 aliphatic rings. The Bertz CT molecular complexity index is 574. The number of carbonyl (C=O) groups is 1. The molecule has 0 saturated carbocycles. The fourth-order valence-corrected chi connectivity index (χ4v) is 3.06. The second kappa shape index (κ2) is 4.93. The normalized spacial score (nSPS) is 21.0. The van der Waals surface area contributed by atoms with Gasteiger partial charge in [0.05, 0.1) is 6.04 Å². The number of amides is 1. The number of fused-ring (bicyclic) bond motifs is 2. The van der Waals surface area contributed by atoms with E-state index >= 15 is 0 Å². The highest BCUT2D eigenvalue weighted by Crippen LogP contribution is 2.40. The highest BCUT2D eigenvalue weighted by Gasteiger charge is 2.34. The summed E-state index contributed by atoms with van der Waals surface area (Å²) in [4.78, 5) is 14.6. The quantitative estimate of drug-likeness (QED) is 0.737. The Labute approximate surface area is 126 Å². The van der Waals surface area contributed by atoms with Crippen LogP contribution in [0.25, 0.3) is 0 Å². The van der Waals surface area contributed by atoms with Gasteiger partial charge >= 0.3 is 0 Å². The van der Waals surface area contributed by atoms with E-state index in [1.165, 1.54) is 11.1 Å². The zero-order valence-corrected chi connectivity index (χ0v) is 13.2. The van der Waals surface area contributed by atoms with Crippen LogP contribution < -0.4 is 9.47 Å². The maximum Gasteiger partial charge on any atom is 0.228 e. The Morgan fingerprint density at radius 2 is 1.81 bits per heavy atom. The van der Waals surface area contributed by atoms with Gasteiger partial charge in [-0.2, -0.15) is 0 Å². The largest absolute Gasteiger partial charge is 0.486 e. The molecule has 1 aromatic carbocycles. The molecule has 3 rings (SSSR count). The first-order valence-corrected chi connectivity index (χ1v) is 7.61. The molecule has 1 aromatic rings. The lowest BCUT2D eigenvalue weighted by atomic mass is 9.88. The third kappa shape index (κ3) is 2.47. The van der Waals surface area contributed by atoms with Crippen molar-refractivity contribution in [2.45, 2.75) is 40.2 Å². The lowest BCUT2D eigenvalue weighted by Crippen LogP contribution is -2.44. The minimum absolute atomic E-state index is 0.0799. The standard InChI is InChI=1S/C17H23NO3/c1-11-13-10-15-14(20-7-8-21-15)9-12(13)5-6-18(11)16(19)17(2,3)4/h9-11H,5-8H2,1-4H3. The van der Waals surface area contributed by atoms with Gasteiger partial charge in [0.2, 0.25) is 5.91 Å². The maximum absolute atomic E-state index is 12.6. The van der Waals surface area contributed by atoms with Crippen LogP contribution in [0.15, 0.2) is 12.1 Å². The van der Waals surface area contributed by atoms with Gasteiger partial charge in [-0.15, -0.1) is 0 Å². The molecule has 2 aliphatic heterocycles. The van der Waals surface area contributed by atoms with Gasteiger partial charge in [-0.25, -0.2) is 0 Å². The van der Waals surface area contributed by atoms with Gasteiger partial charge < -0.3 is 14.4 Å². The predicted molar refractivity (Wildman–Crippen MR) is 80.7 cm³/mol. The molecule has 0 aromatic heterocycles. The second-order valence-corrected chi connectivity index (χ2v) is 6.87. The van der Waals surface area contributed by atoms with Crippen molar-refractivity contribution in [2.75, 3.05) is 19.8 Å². The van der Waals surface area contributed by atoms with Crippen molar-refractivity contribution in [3.05, 3.63) is 23.3 Å². The summed E-state index contributed by atoms with van der Waals surface area (Å²) in [6.07, 6.45) is 0.873. The van der Waals surface area contributed by atoms with Crippen molar-refractivity contribution < 1.29 is 14.3 Å². The molecule has 1 amide bonds. The Balaban J connectivity index is 1.94. The van der Waals surface area contributed by atoms with E-state index in [1.807, 2.05) is 25.7 Å². The number of benzene rings is 1. The Kier molecular flexibility index (Phi) is 3.34. The molecule has 1 unspecified atom stereocenters. The number of nitrogens with zero attached hydrogens (tertiary/aromatic N) is 1. The first-order chi connectivity index (χ1) is 9.88. The molecule has 0 radical (unpaired) electrons. The molecule has 0 aliphatic carbocycles. The number of carbonyl (C=O) groups excluding carboxylic acids is 1. The SMILES string of the molecule is CC1c2cc3c(cc2CCN1C(=O)C(C)(C)C)OCCO3. The zero-order chi connectivity index (χ0) is 15.2. The summed E-state index contributed by atoms with van der Waals surface area (Å²) in [5, 5.41) is 0. The van der Waals surface area contributed by atoms with E-state index in [1.54, 1.807) is 0 Å². The van der Waals surface area contributed by atoms with Crippen molar-refractivity contribution >= 4 is 5.91 Å². The van der Waals surface area contributed by atoms with E-state index in [2.05, 4.69) is 19.1 Å². The number of hydrogen-bond donors (Lipinski definition) is 0. The molecule has 0 bridgehead atoms. The lowest BCUT2D eigenvalue weighted by Gasteiger charge is -2.39. The van der Waals surface area contributed by atoms with Crippen LogP contribution in [0.2, 0.25) is 0 Å². The van der Waals surface area contributed by atoms with Gasteiger partial charge in [-0.3, -0.25) is 4.79 Å². The first kappa shape index (κ1) is 14.2. The van der Waals surface area contributed by atoms with Crippen molar-refractivity contribution in [3.63, 3.8) is 0 Å². The van der Waals surface area contributed by atoms with Gasteiger partial charge in [0, 0.05) is 12.0 Å². The van der Waals surface area contributed by atoms with Crippen LogP contribution in [-0.2, 0) is 11.2 Å². The van der Waals surface area contributed by atoms with Crippen LogP contribution >= 0.6 is 0 Å². The van der Waals surface area contributed by atoms with Gasteiger partial charge in [0.15, 0.2) is 11.5 Å². The van der Waals surface area contributed by atoms with Gasteiger partial charge in [0.25, 0.3) is 0 Å². The average molecular weight is 289 g/mol. The highest BCUT2D eigenvalue weighted by atomic mass is 16.6. The van der Waals surface area contributed by atoms with Crippen molar-refractivity contribution in [1.29, 1.82) is 0 Å². The van der Waals surface area contributed by atoms with Gasteiger partial charge in [0.1, 0.15) is 13.2 Å². The summed E-state index contributed by atoms with van der Waals surface area (Å²) in [6.45, 7) is 9.98. The summed E-state index contributed by atoms with van der Waals surface area (Å²) in [7, 11) is 0. The molecule has 114 valence electrons. The second-order valence-electron chi connectivity index (χ2n) is 6.87. The fourth-order valence-electron chi connectivity index (χ4n) is 3.06. The van der Waals surface area contributed by atoms with Crippen molar-refractivity contribution in [2.24, 2.45) is 5.41 Å². The Hall–Kier alpha value is -1.71. The summed E-state index contributed by atoms with van der Waals surface area (Å²) in [5.74, 6) is 1.84. The fraction of sp³-hybridized carbons (Fsp3) is 0.588. The summed E-state index contributed by atoms with van der Waals surface area (Å²) >= 11 is 0. The smallest absolute Gasteiger partial charge is 0.228 e. The van der Waals surface area contributed by atoms with Crippen LogP contribution in [-0.4, -0.2) is 30.6 Å². The molecular formula is C17H23NO3. The molecule has 0 saturated heterocycles. The molecule has 0 fully saturated rings. The highest BCUT2D eigenvalue weighted by molar-refractivity contribution is 5.82. The number of hydrogen-bond acceptors (Lipinski definition) is 3. The summed E-state index contributed by atoms with van der Waals surface area (Å²) in [5.41, 5.74) is 2.10. The van der Waals surface area contributed by atoms with Crippen LogP contribution in [0.4, 0.5) is 0 Å². The first-order valence-electron chi connectivity index (χ1n) is 7.61. The van der Waals surface area contributed by atoms with Crippen molar-refractivity contribution in [3.8, 4) is 11.5 Å². The van der Waals surface area contributed by atoms with Gasteiger partial charge in [-0.05, 0) is 36.6 Å². The molecular weight excluding hydrogens is 266 g/mol. The molecule has 4 heteroatoms. The van der Waals surface area contributed by atoms with Crippen molar-refractivity contribution in [1.82, 2.24) is 4.90 Å². The Morgan fingerprint density at radius 1 is 1.19 bits per heavy atom. The van der Waals surface area contributed by atoms with Crippen LogP contribution in [0, 0.1) is 5.41 Å². The van der Waals surface area contributed by atoms with E-state index in [0.717, 1.165) is 24.5 Å². The lowest BCUT2D eigenvalue weighted by molar-refractivity contribution is -0.142.